The van der Waals surface area contributed by atoms with Gasteiger partial charge in [-0.3, -0.25) is 9.38 Å². The smallest absolute Gasteiger partial charge is 0.151 e. The van der Waals surface area contributed by atoms with Crippen molar-refractivity contribution in [2.45, 2.75) is 13.3 Å². The zero-order chi connectivity index (χ0) is 13.1. The fourth-order valence-corrected chi connectivity index (χ4v) is 2.05. The average molecular weight is 253 g/mol. The number of nitrogens with zero attached hydrogens (tertiary/aromatic N) is 4. The SMILES string of the molecule is Cc1ncc2c(NCCc3ccccn3)nccn12. The molecule has 3 rings (SSSR count). The van der Waals surface area contributed by atoms with E-state index in [1.807, 2.05) is 48.1 Å². The average Bonchev–Trinajstić information content (AvgIpc) is 2.83. The number of hydrogen-bond acceptors (Lipinski definition) is 4. The summed E-state index contributed by atoms with van der Waals surface area (Å²) in [5.74, 6) is 1.82. The summed E-state index contributed by atoms with van der Waals surface area (Å²) in [5, 5.41) is 3.34. The number of aryl methyl sites for hydroxylation is 1. The Hall–Kier alpha value is -2.43. The number of nitrogens with one attached hydrogen (secondary N) is 1. The minimum atomic E-state index is 0.800. The molecule has 0 aliphatic carbocycles. The number of hydrogen-bond donors (Lipinski definition) is 1. The molecule has 0 unspecified atom stereocenters. The summed E-state index contributed by atoms with van der Waals surface area (Å²) >= 11 is 0. The van der Waals surface area contributed by atoms with Gasteiger partial charge in [-0.25, -0.2) is 9.97 Å². The Morgan fingerprint density at radius 1 is 1.16 bits per heavy atom. The molecule has 3 aromatic rings. The third kappa shape index (κ3) is 2.40. The predicted molar refractivity (Wildman–Crippen MR) is 74.2 cm³/mol. The first-order chi connectivity index (χ1) is 9.34. The molecule has 0 fully saturated rings. The van der Waals surface area contributed by atoms with Gasteiger partial charge in [0.05, 0.1) is 6.20 Å². The van der Waals surface area contributed by atoms with Crippen molar-refractivity contribution in [2.75, 3.05) is 11.9 Å². The quantitative estimate of drug-likeness (QED) is 0.773. The lowest BCUT2D eigenvalue weighted by molar-refractivity contribution is 0.949. The number of pyridine rings is 1. The van der Waals surface area contributed by atoms with Crippen molar-refractivity contribution in [1.29, 1.82) is 0 Å². The van der Waals surface area contributed by atoms with E-state index in [-0.39, 0.29) is 0 Å². The van der Waals surface area contributed by atoms with Crippen molar-refractivity contribution < 1.29 is 0 Å². The molecule has 0 spiro atoms. The van der Waals surface area contributed by atoms with Crippen LogP contribution in [-0.4, -0.2) is 25.9 Å². The normalized spacial score (nSPS) is 10.8. The number of rotatable bonds is 4. The summed E-state index contributed by atoms with van der Waals surface area (Å²) in [6.07, 6.45) is 8.23. The highest BCUT2D eigenvalue weighted by atomic mass is 15.1. The molecule has 0 aliphatic rings. The molecule has 0 bridgehead atoms. The van der Waals surface area contributed by atoms with E-state index in [1.54, 1.807) is 6.20 Å². The van der Waals surface area contributed by atoms with Crippen LogP contribution < -0.4 is 5.32 Å². The van der Waals surface area contributed by atoms with Gasteiger partial charge >= 0.3 is 0 Å². The molecule has 0 atom stereocenters. The van der Waals surface area contributed by atoms with E-state index in [9.17, 15) is 0 Å². The number of fused-ring (bicyclic) bond motifs is 1. The lowest BCUT2D eigenvalue weighted by atomic mass is 10.3. The number of imidazole rings is 1. The lowest BCUT2D eigenvalue weighted by Crippen LogP contribution is -2.08. The maximum absolute atomic E-state index is 4.36. The second-order valence-corrected chi connectivity index (χ2v) is 4.33. The Morgan fingerprint density at radius 2 is 2.11 bits per heavy atom. The summed E-state index contributed by atoms with van der Waals surface area (Å²) in [7, 11) is 0. The van der Waals surface area contributed by atoms with E-state index in [4.69, 9.17) is 0 Å². The highest BCUT2D eigenvalue weighted by molar-refractivity contribution is 5.66. The van der Waals surface area contributed by atoms with Gasteiger partial charge in [-0.05, 0) is 19.1 Å². The molecule has 0 saturated heterocycles. The van der Waals surface area contributed by atoms with Crippen LogP contribution in [0.4, 0.5) is 5.82 Å². The first kappa shape index (κ1) is 11.6. The molecule has 96 valence electrons. The Labute approximate surface area is 111 Å². The van der Waals surface area contributed by atoms with Crippen LogP contribution in [0, 0.1) is 6.92 Å². The van der Waals surface area contributed by atoms with E-state index in [0.717, 1.165) is 35.8 Å². The van der Waals surface area contributed by atoms with E-state index in [1.165, 1.54) is 0 Å². The topological polar surface area (TPSA) is 55.1 Å². The van der Waals surface area contributed by atoms with E-state index >= 15 is 0 Å². The van der Waals surface area contributed by atoms with Gasteiger partial charge in [0.25, 0.3) is 0 Å². The van der Waals surface area contributed by atoms with Crippen LogP contribution >= 0.6 is 0 Å². The summed E-state index contributed by atoms with van der Waals surface area (Å²) in [4.78, 5) is 13.0. The maximum Gasteiger partial charge on any atom is 0.151 e. The highest BCUT2D eigenvalue weighted by Crippen LogP contribution is 2.14. The zero-order valence-electron chi connectivity index (χ0n) is 10.7. The maximum atomic E-state index is 4.36. The van der Waals surface area contributed by atoms with Gasteiger partial charge in [-0.2, -0.15) is 0 Å². The fourth-order valence-electron chi connectivity index (χ4n) is 2.05. The number of anilines is 1. The van der Waals surface area contributed by atoms with Gasteiger partial charge < -0.3 is 5.32 Å². The Bertz CT molecular complexity index is 675. The van der Waals surface area contributed by atoms with Crippen molar-refractivity contribution in [2.24, 2.45) is 0 Å². The molecular formula is C14H15N5. The van der Waals surface area contributed by atoms with Crippen LogP contribution in [-0.2, 0) is 6.42 Å². The largest absolute Gasteiger partial charge is 0.368 e. The van der Waals surface area contributed by atoms with Crippen molar-refractivity contribution in [3.05, 3.63) is 54.5 Å². The van der Waals surface area contributed by atoms with Crippen molar-refractivity contribution >= 4 is 11.3 Å². The fraction of sp³-hybridized carbons (Fsp3) is 0.214. The van der Waals surface area contributed by atoms with Gasteiger partial charge in [0.2, 0.25) is 0 Å². The first-order valence-corrected chi connectivity index (χ1v) is 6.27. The molecule has 3 heterocycles. The van der Waals surface area contributed by atoms with E-state index in [2.05, 4.69) is 20.3 Å². The van der Waals surface area contributed by atoms with Crippen LogP contribution in [0.3, 0.4) is 0 Å². The molecule has 19 heavy (non-hydrogen) atoms. The third-order valence-corrected chi connectivity index (χ3v) is 3.04. The molecule has 5 nitrogen and oxygen atoms in total. The van der Waals surface area contributed by atoms with Crippen molar-refractivity contribution in [3.63, 3.8) is 0 Å². The third-order valence-electron chi connectivity index (χ3n) is 3.04. The summed E-state index contributed by atoms with van der Waals surface area (Å²) < 4.78 is 2.02. The van der Waals surface area contributed by atoms with E-state index < -0.39 is 0 Å². The molecular weight excluding hydrogens is 238 g/mol. The standard InChI is InChI=1S/C14H15N5/c1-11-18-10-13-14(17-8-9-19(11)13)16-7-5-12-4-2-3-6-15-12/h2-4,6,8-10H,5,7H2,1H3,(H,16,17). The minimum absolute atomic E-state index is 0.800. The van der Waals surface area contributed by atoms with Crippen LogP contribution in [0.2, 0.25) is 0 Å². The monoisotopic (exact) mass is 253 g/mol. The van der Waals surface area contributed by atoms with Crippen molar-refractivity contribution in [3.8, 4) is 0 Å². The second kappa shape index (κ2) is 5.06. The van der Waals surface area contributed by atoms with Gasteiger partial charge in [-0.15, -0.1) is 0 Å². The van der Waals surface area contributed by atoms with Crippen molar-refractivity contribution in [1.82, 2.24) is 19.4 Å². The van der Waals surface area contributed by atoms with Gasteiger partial charge in [-0.1, -0.05) is 6.07 Å². The summed E-state index contributed by atoms with van der Waals surface area (Å²) in [6.45, 7) is 2.78. The first-order valence-electron chi connectivity index (χ1n) is 6.27. The molecule has 0 aliphatic heterocycles. The second-order valence-electron chi connectivity index (χ2n) is 4.33. The summed E-state index contributed by atoms with van der Waals surface area (Å²) in [5.41, 5.74) is 2.08. The lowest BCUT2D eigenvalue weighted by Gasteiger charge is -2.07. The van der Waals surface area contributed by atoms with Crippen LogP contribution in [0.1, 0.15) is 11.5 Å². The summed E-state index contributed by atoms with van der Waals surface area (Å²) in [6, 6.07) is 5.95. The Morgan fingerprint density at radius 3 is 2.95 bits per heavy atom. The van der Waals surface area contributed by atoms with Gasteiger partial charge in [0.15, 0.2) is 5.82 Å². The molecule has 0 radical (unpaired) electrons. The predicted octanol–water partition coefficient (Wildman–Crippen LogP) is 2.09. The minimum Gasteiger partial charge on any atom is -0.368 e. The molecule has 0 amide bonds. The van der Waals surface area contributed by atoms with Crippen LogP contribution in [0.25, 0.3) is 5.52 Å². The van der Waals surface area contributed by atoms with Crippen LogP contribution in [0.15, 0.2) is 43.0 Å². The molecule has 1 N–H and O–H groups in total. The molecule has 0 saturated carbocycles. The molecule has 5 heteroatoms. The van der Waals surface area contributed by atoms with Gasteiger partial charge in [0, 0.05) is 37.3 Å². The van der Waals surface area contributed by atoms with E-state index in [0.29, 0.717) is 0 Å². The van der Waals surface area contributed by atoms with Crippen LogP contribution in [0.5, 0.6) is 0 Å². The van der Waals surface area contributed by atoms with Gasteiger partial charge in [0.1, 0.15) is 11.3 Å². The highest BCUT2D eigenvalue weighted by Gasteiger charge is 2.04. The number of aromatic nitrogens is 4. The Balaban J connectivity index is 1.72. The molecule has 0 aromatic carbocycles. The molecule has 3 aromatic heterocycles. The Kier molecular flexibility index (Phi) is 3.10. The zero-order valence-corrected chi connectivity index (χ0v) is 10.7.